The molecule has 7 nitrogen and oxygen atoms in total. The summed E-state index contributed by atoms with van der Waals surface area (Å²) in [6, 6.07) is 10.8. The van der Waals surface area contributed by atoms with Crippen molar-refractivity contribution in [3.63, 3.8) is 0 Å². The van der Waals surface area contributed by atoms with Gasteiger partial charge >= 0.3 is 0 Å². The molecule has 0 fully saturated rings. The predicted molar refractivity (Wildman–Crippen MR) is 110 cm³/mol. The Labute approximate surface area is 165 Å². The number of benzene rings is 2. The van der Waals surface area contributed by atoms with E-state index in [1.165, 1.54) is 13.2 Å². The van der Waals surface area contributed by atoms with E-state index in [-0.39, 0.29) is 16.4 Å². The molecule has 0 aliphatic heterocycles. The monoisotopic (exact) mass is 415 g/mol. The number of sulfone groups is 1. The molecule has 0 saturated carbocycles. The van der Waals surface area contributed by atoms with Crippen molar-refractivity contribution in [3.05, 3.63) is 48.1 Å². The van der Waals surface area contributed by atoms with Crippen LogP contribution in [0.4, 0.5) is 11.4 Å². The van der Waals surface area contributed by atoms with E-state index in [0.717, 1.165) is 15.9 Å². The van der Waals surface area contributed by atoms with Gasteiger partial charge in [0.2, 0.25) is 0 Å². The maximum Gasteiger partial charge on any atom is 0.184 e. The molecule has 4 rings (SSSR count). The Morgan fingerprint density at radius 2 is 2.00 bits per heavy atom. The molecule has 28 heavy (non-hydrogen) atoms. The van der Waals surface area contributed by atoms with Crippen LogP contribution >= 0.6 is 11.3 Å². The summed E-state index contributed by atoms with van der Waals surface area (Å²) in [5.74, 6) is -0.173. The first-order chi connectivity index (χ1) is 13.5. The summed E-state index contributed by atoms with van der Waals surface area (Å²) in [7, 11) is -2.29. The summed E-state index contributed by atoms with van der Waals surface area (Å²) < 4.78 is 31.5. The van der Waals surface area contributed by atoms with Crippen LogP contribution in [-0.2, 0) is 9.84 Å². The molecule has 0 spiro atoms. The number of aromatic nitrogens is 2. The number of hydrogen-bond donors (Lipinski definition) is 2. The van der Waals surface area contributed by atoms with Crippen molar-refractivity contribution in [2.24, 2.45) is 0 Å². The van der Waals surface area contributed by atoms with Crippen molar-refractivity contribution in [1.29, 1.82) is 0 Å². The first-order valence-electron chi connectivity index (χ1n) is 8.42. The maximum atomic E-state index is 12.6. The molecule has 0 amide bonds. The van der Waals surface area contributed by atoms with Gasteiger partial charge in [-0.2, -0.15) is 0 Å². The zero-order valence-corrected chi connectivity index (χ0v) is 16.5. The molecule has 0 radical (unpaired) electrons. The minimum absolute atomic E-state index is 0.0301. The van der Waals surface area contributed by atoms with Crippen LogP contribution in [0.3, 0.4) is 0 Å². The fraction of sp³-hybridized carbons (Fsp3) is 0.158. The molecule has 2 heterocycles. The first kappa shape index (κ1) is 18.6. The third-order valence-corrected chi connectivity index (χ3v) is 6.85. The summed E-state index contributed by atoms with van der Waals surface area (Å²) in [4.78, 5) is 8.68. The SMILES string of the molecule is COc1cc2nccc(Nc3ccc4scnc4c3)c2cc1S(=O)(=O)CCO. The number of thiazole rings is 1. The van der Waals surface area contributed by atoms with Gasteiger partial charge < -0.3 is 15.2 Å². The number of nitrogens with one attached hydrogen (secondary N) is 1. The number of fused-ring (bicyclic) bond motifs is 2. The Balaban J connectivity index is 1.84. The largest absolute Gasteiger partial charge is 0.495 e. The molecule has 0 saturated heterocycles. The van der Waals surface area contributed by atoms with E-state index in [0.29, 0.717) is 16.6 Å². The standard InChI is InChI=1S/C19H17N3O4S2/c1-26-17-10-15-13(9-19(17)28(24,25)7-6-23)14(4-5-20-15)22-12-2-3-18-16(8-12)21-11-27-18/h2-5,8-11,23H,6-7H2,1H3,(H,20,22). The zero-order chi connectivity index (χ0) is 19.7. The van der Waals surface area contributed by atoms with Gasteiger partial charge in [-0.15, -0.1) is 11.3 Å². The molecule has 2 aromatic heterocycles. The van der Waals surface area contributed by atoms with Gasteiger partial charge in [-0.3, -0.25) is 4.98 Å². The van der Waals surface area contributed by atoms with Gasteiger partial charge in [0, 0.05) is 29.0 Å². The summed E-state index contributed by atoms with van der Waals surface area (Å²) in [6.07, 6.45) is 1.65. The first-order valence-corrected chi connectivity index (χ1v) is 11.0. The van der Waals surface area contributed by atoms with E-state index in [2.05, 4.69) is 15.3 Å². The van der Waals surface area contributed by atoms with Crippen LogP contribution in [0.15, 0.2) is 53.0 Å². The van der Waals surface area contributed by atoms with Gasteiger partial charge in [0.1, 0.15) is 10.6 Å². The second kappa shape index (κ2) is 7.34. The lowest BCUT2D eigenvalue weighted by Gasteiger charge is -2.14. The Bertz CT molecular complexity index is 1270. The number of pyridine rings is 1. The number of aliphatic hydroxyl groups excluding tert-OH is 1. The van der Waals surface area contributed by atoms with Crippen LogP contribution in [-0.4, -0.2) is 43.0 Å². The average molecular weight is 415 g/mol. The van der Waals surface area contributed by atoms with Crippen molar-refractivity contribution in [3.8, 4) is 5.75 Å². The smallest absolute Gasteiger partial charge is 0.184 e. The number of methoxy groups -OCH3 is 1. The fourth-order valence-electron chi connectivity index (χ4n) is 2.99. The van der Waals surface area contributed by atoms with Crippen LogP contribution in [0.1, 0.15) is 0 Å². The van der Waals surface area contributed by atoms with E-state index in [1.54, 1.807) is 35.2 Å². The molecule has 2 aromatic carbocycles. The van der Waals surface area contributed by atoms with Crippen LogP contribution in [0, 0.1) is 0 Å². The number of hydrogen-bond acceptors (Lipinski definition) is 8. The molecule has 0 unspecified atom stereocenters. The Morgan fingerprint density at radius 3 is 2.79 bits per heavy atom. The molecule has 2 N–H and O–H groups in total. The van der Waals surface area contributed by atoms with Gasteiger partial charge in [-0.05, 0) is 30.3 Å². The molecule has 0 atom stereocenters. The number of anilines is 2. The van der Waals surface area contributed by atoms with Crippen LogP contribution in [0.2, 0.25) is 0 Å². The minimum Gasteiger partial charge on any atom is -0.495 e. The topological polar surface area (TPSA) is 101 Å². The van der Waals surface area contributed by atoms with E-state index in [9.17, 15) is 8.42 Å². The number of ether oxygens (including phenoxy) is 1. The quantitative estimate of drug-likeness (QED) is 0.498. The molecule has 0 bridgehead atoms. The molecule has 144 valence electrons. The highest BCUT2D eigenvalue weighted by Crippen LogP contribution is 2.34. The fourth-order valence-corrected chi connectivity index (χ4v) is 4.85. The maximum absolute atomic E-state index is 12.6. The summed E-state index contributed by atoms with van der Waals surface area (Å²) >= 11 is 1.57. The predicted octanol–water partition coefficient (Wildman–Crippen LogP) is 3.36. The third kappa shape index (κ3) is 3.39. The molecule has 0 aliphatic carbocycles. The van der Waals surface area contributed by atoms with Gasteiger partial charge in [0.15, 0.2) is 9.84 Å². The van der Waals surface area contributed by atoms with Gasteiger partial charge in [0.25, 0.3) is 0 Å². The third-order valence-electron chi connectivity index (χ3n) is 4.33. The number of rotatable bonds is 6. The molecule has 9 heteroatoms. The van der Waals surface area contributed by atoms with Crippen molar-refractivity contribution >= 4 is 53.7 Å². The highest BCUT2D eigenvalue weighted by atomic mass is 32.2. The van der Waals surface area contributed by atoms with Crippen LogP contribution in [0.5, 0.6) is 5.75 Å². The highest BCUT2D eigenvalue weighted by molar-refractivity contribution is 7.91. The molecule has 0 aliphatic rings. The Hall–Kier alpha value is -2.75. The second-order valence-electron chi connectivity index (χ2n) is 6.08. The van der Waals surface area contributed by atoms with E-state index < -0.39 is 16.4 Å². The lowest BCUT2D eigenvalue weighted by molar-refractivity contribution is 0.319. The Kier molecular flexibility index (Phi) is 4.88. The van der Waals surface area contributed by atoms with Gasteiger partial charge in [0.05, 0.1) is 40.7 Å². The second-order valence-corrected chi connectivity index (χ2v) is 9.04. The lowest BCUT2D eigenvalue weighted by Crippen LogP contribution is -2.11. The van der Waals surface area contributed by atoms with Crippen molar-refractivity contribution < 1.29 is 18.3 Å². The van der Waals surface area contributed by atoms with E-state index in [4.69, 9.17) is 9.84 Å². The summed E-state index contributed by atoms with van der Waals surface area (Å²) in [6.45, 7) is -0.463. The zero-order valence-electron chi connectivity index (χ0n) is 14.9. The average Bonchev–Trinajstić information content (AvgIpc) is 3.15. The molecular formula is C19H17N3O4S2. The molecule has 4 aromatic rings. The van der Waals surface area contributed by atoms with E-state index >= 15 is 0 Å². The van der Waals surface area contributed by atoms with Crippen LogP contribution in [0.25, 0.3) is 21.1 Å². The molecular weight excluding hydrogens is 398 g/mol. The van der Waals surface area contributed by atoms with Gasteiger partial charge in [-0.1, -0.05) is 0 Å². The van der Waals surface area contributed by atoms with Crippen molar-refractivity contribution in [2.75, 3.05) is 24.8 Å². The summed E-state index contributed by atoms with van der Waals surface area (Å²) in [5, 5.41) is 13.1. The van der Waals surface area contributed by atoms with Crippen LogP contribution < -0.4 is 10.1 Å². The minimum atomic E-state index is -3.69. The highest BCUT2D eigenvalue weighted by Gasteiger charge is 2.21. The van der Waals surface area contributed by atoms with Crippen molar-refractivity contribution in [2.45, 2.75) is 4.90 Å². The van der Waals surface area contributed by atoms with E-state index in [1.807, 2.05) is 18.2 Å². The normalized spacial score (nSPS) is 11.8. The Morgan fingerprint density at radius 1 is 1.14 bits per heavy atom. The van der Waals surface area contributed by atoms with Crippen molar-refractivity contribution in [1.82, 2.24) is 9.97 Å². The lowest BCUT2D eigenvalue weighted by atomic mass is 10.1. The number of aliphatic hydroxyl groups is 1. The summed E-state index contributed by atoms with van der Waals surface area (Å²) in [5.41, 5.74) is 4.82. The number of nitrogens with zero attached hydrogens (tertiary/aromatic N) is 2. The van der Waals surface area contributed by atoms with Gasteiger partial charge in [-0.25, -0.2) is 13.4 Å².